The first-order valence-corrected chi connectivity index (χ1v) is 12.2. The molecule has 9 heteroatoms. The van der Waals surface area contributed by atoms with Crippen LogP contribution in [0.1, 0.15) is 20.8 Å². The van der Waals surface area contributed by atoms with E-state index in [1.807, 2.05) is 61.3 Å². The Hall–Kier alpha value is -1.78. The van der Waals surface area contributed by atoms with Gasteiger partial charge in [0.25, 0.3) is 0 Å². The topological polar surface area (TPSA) is 61.9 Å². The Morgan fingerprint density at radius 3 is 2.64 bits per heavy atom. The van der Waals surface area contributed by atoms with Crippen molar-refractivity contribution in [1.82, 2.24) is 18.5 Å². The predicted octanol–water partition coefficient (Wildman–Crippen LogP) is 6.34. The number of nitrogens with zero attached hydrogens (tertiary/aromatic N) is 4. The van der Waals surface area contributed by atoms with Crippen LogP contribution in [0.2, 0.25) is 5.28 Å². The molecule has 0 unspecified atom stereocenters. The number of carbonyl (C=O) groups is 1. The van der Waals surface area contributed by atoms with Gasteiger partial charge in [0, 0.05) is 59.1 Å². The fraction of sp³-hybridized carbons (Fsp3) is 0.211. The standard InChI is InChI=1S/C19H16ClIN4O2S/c1-19(2,3)27-18(26)24-10-13(11-6-4-5-7-14(11)24)15-12-8-9-25(28-21)16(12)23-17(20)22-15/h4-10H,1-3H3. The van der Waals surface area contributed by atoms with Crippen LogP contribution in [0.25, 0.3) is 33.2 Å². The fourth-order valence-corrected chi connectivity index (χ4v) is 4.49. The van der Waals surface area contributed by atoms with E-state index in [1.54, 1.807) is 6.20 Å². The fourth-order valence-electron chi connectivity index (χ4n) is 3.06. The van der Waals surface area contributed by atoms with Gasteiger partial charge in [-0.3, -0.25) is 8.54 Å². The zero-order chi connectivity index (χ0) is 20.1. The second-order valence-electron chi connectivity index (χ2n) is 7.20. The van der Waals surface area contributed by atoms with Crippen LogP contribution in [0.15, 0.2) is 42.7 Å². The van der Waals surface area contributed by atoms with Crippen molar-refractivity contribution < 1.29 is 9.53 Å². The first-order valence-electron chi connectivity index (χ1n) is 8.46. The first kappa shape index (κ1) is 19.5. The molecule has 0 aliphatic carbocycles. The molecule has 3 heterocycles. The normalized spacial score (nSPS) is 12.0. The van der Waals surface area contributed by atoms with E-state index in [0.717, 1.165) is 27.5 Å². The summed E-state index contributed by atoms with van der Waals surface area (Å²) in [5.41, 5.74) is 2.36. The summed E-state index contributed by atoms with van der Waals surface area (Å²) in [6, 6.07) is 9.61. The van der Waals surface area contributed by atoms with Crippen LogP contribution in [-0.2, 0) is 4.74 Å². The lowest BCUT2D eigenvalue weighted by Crippen LogP contribution is -2.26. The van der Waals surface area contributed by atoms with Gasteiger partial charge in [0.15, 0.2) is 5.65 Å². The summed E-state index contributed by atoms with van der Waals surface area (Å²) < 4.78 is 9.00. The number of fused-ring (bicyclic) bond motifs is 2. The highest BCUT2D eigenvalue weighted by Gasteiger charge is 2.23. The Morgan fingerprint density at radius 2 is 1.93 bits per heavy atom. The van der Waals surface area contributed by atoms with Crippen LogP contribution < -0.4 is 0 Å². The van der Waals surface area contributed by atoms with Crippen LogP contribution in [0, 0.1) is 0 Å². The lowest BCUT2D eigenvalue weighted by Gasteiger charge is -2.19. The third-order valence-electron chi connectivity index (χ3n) is 4.12. The van der Waals surface area contributed by atoms with Gasteiger partial charge in [0.2, 0.25) is 5.28 Å². The van der Waals surface area contributed by atoms with E-state index in [2.05, 4.69) is 31.2 Å². The number of halogens is 2. The molecule has 0 aliphatic heterocycles. The Kier molecular flexibility index (Phi) is 5.05. The van der Waals surface area contributed by atoms with Gasteiger partial charge in [-0.15, -0.1) is 0 Å². The van der Waals surface area contributed by atoms with Crippen LogP contribution in [0.4, 0.5) is 4.79 Å². The minimum Gasteiger partial charge on any atom is -0.443 e. The molecule has 0 saturated carbocycles. The van der Waals surface area contributed by atoms with E-state index in [1.165, 1.54) is 13.7 Å². The zero-order valence-corrected chi connectivity index (χ0v) is 19.0. The molecule has 4 rings (SSSR count). The van der Waals surface area contributed by atoms with E-state index in [9.17, 15) is 4.79 Å². The maximum Gasteiger partial charge on any atom is 0.419 e. The predicted molar refractivity (Wildman–Crippen MR) is 122 cm³/mol. The molecule has 6 nitrogen and oxygen atoms in total. The molecule has 0 saturated heterocycles. The number of carbonyl (C=O) groups excluding carboxylic acids is 1. The van der Waals surface area contributed by atoms with Gasteiger partial charge in [0.05, 0.1) is 11.2 Å². The average molecular weight is 527 g/mol. The van der Waals surface area contributed by atoms with Crippen molar-refractivity contribution in [3.63, 3.8) is 0 Å². The SMILES string of the molecule is CC(C)(C)OC(=O)n1cc(-c2nc(Cl)nc3c2ccn3SI)c2ccccc21. The molecule has 0 bridgehead atoms. The summed E-state index contributed by atoms with van der Waals surface area (Å²) >= 11 is 8.41. The van der Waals surface area contributed by atoms with E-state index >= 15 is 0 Å². The van der Waals surface area contributed by atoms with Gasteiger partial charge in [-0.25, -0.2) is 9.78 Å². The van der Waals surface area contributed by atoms with Crippen molar-refractivity contribution in [3.8, 4) is 11.3 Å². The number of para-hydroxylation sites is 1. The van der Waals surface area contributed by atoms with Gasteiger partial charge in [0.1, 0.15) is 5.60 Å². The Balaban J connectivity index is 1.97. The summed E-state index contributed by atoms with van der Waals surface area (Å²) in [6.45, 7) is 5.53. The monoisotopic (exact) mass is 526 g/mol. The van der Waals surface area contributed by atoms with Crippen molar-refractivity contribution in [1.29, 1.82) is 0 Å². The second kappa shape index (κ2) is 7.23. The van der Waals surface area contributed by atoms with Crippen molar-refractivity contribution >= 4 is 70.0 Å². The van der Waals surface area contributed by atoms with E-state index in [0.29, 0.717) is 5.69 Å². The number of benzene rings is 1. The summed E-state index contributed by atoms with van der Waals surface area (Å²) in [4.78, 5) is 21.6. The van der Waals surface area contributed by atoms with Crippen LogP contribution >= 0.6 is 41.9 Å². The highest BCUT2D eigenvalue weighted by molar-refractivity contribution is 14.2. The number of hydrogen-bond acceptors (Lipinski definition) is 5. The van der Waals surface area contributed by atoms with Gasteiger partial charge in [-0.2, -0.15) is 4.98 Å². The molecular weight excluding hydrogens is 511 g/mol. The molecule has 3 aromatic heterocycles. The molecule has 0 fully saturated rings. The number of aromatic nitrogens is 4. The van der Waals surface area contributed by atoms with Crippen molar-refractivity contribution in [2.75, 3.05) is 0 Å². The third kappa shape index (κ3) is 3.48. The smallest absolute Gasteiger partial charge is 0.419 e. The summed E-state index contributed by atoms with van der Waals surface area (Å²) in [5.74, 6) is 0. The largest absolute Gasteiger partial charge is 0.443 e. The minimum atomic E-state index is -0.594. The molecular formula is C19H16ClIN4O2S. The molecule has 144 valence electrons. The Bertz CT molecular complexity index is 1210. The molecule has 28 heavy (non-hydrogen) atoms. The number of hydrogen-bond donors (Lipinski definition) is 0. The average Bonchev–Trinajstić information content (AvgIpc) is 3.21. The van der Waals surface area contributed by atoms with Crippen molar-refractivity contribution in [2.45, 2.75) is 26.4 Å². The van der Waals surface area contributed by atoms with E-state index in [-0.39, 0.29) is 5.28 Å². The molecule has 1 aromatic carbocycles. The molecule has 0 atom stereocenters. The van der Waals surface area contributed by atoms with Gasteiger partial charge in [-0.1, -0.05) is 18.2 Å². The zero-order valence-electron chi connectivity index (χ0n) is 15.3. The van der Waals surface area contributed by atoms with Gasteiger partial charge >= 0.3 is 6.09 Å². The molecule has 0 aliphatic rings. The van der Waals surface area contributed by atoms with Crippen LogP contribution in [-0.4, -0.2) is 30.2 Å². The second-order valence-corrected chi connectivity index (χ2v) is 9.25. The van der Waals surface area contributed by atoms with E-state index < -0.39 is 11.7 Å². The van der Waals surface area contributed by atoms with Crippen molar-refractivity contribution in [3.05, 3.63) is 48.0 Å². The first-order chi connectivity index (χ1) is 13.3. The lowest BCUT2D eigenvalue weighted by molar-refractivity contribution is 0.0544. The molecule has 0 spiro atoms. The minimum absolute atomic E-state index is 0.155. The summed E-state index contributed by atoms with van der Waals surface area (Å²) in [5, 5.41) is 1.90. The van der Waals surface area contributed by atoms with Crippen molar-refractivity contribution in [2.24, 2.45) is 0 Å². The molecule has 4 aromatic rings. The summed E-state index contributed by atoms with van der Waals surface area (Å²) in [7, 11) is 1.50. The van der Waals surface area contributed by atoms with Crippen LogP contribution in [0.3, 0.4) is 0 Å². The number of rotatable bonds is 2. The lowest BCUT2D eigenvalue weighted by atomic mass is 10.1. The quantitative estimate of drug-likeness (QED) is 0.225. The number of ether oxygens (including phenoxy) is 1. The van der Waals surface area contributed by atoms with Crippen LogP contribution in [0.5, 0.6) is 0 Å². The summed E-state index contributed by atoms with van der Waals surface area (Å²) in [6.07, 6.45) is 3.24. The Morgan fingerprint density at radius 1 is 1.18 bits per heavy atom. The maximum atomic E-state index is 12.8. The highest BCUT2D eigenvalue weighted by Crippen LogP contribution is 2.36. The third-order valence-corrected chi connectivity index (χ3v) is 6.00. The van der Waals surface area contributed by atoms with Gasteiger partial charge in [-0.05, 0) is 44.5 Å². The molecule has 0 radical (unpaired) electrons. The maximum absolute atomic E-state index is 12.8. The molecule has 0 N–H and O–H groups in total. The molecule has 0 amide bonds. The van der Waals surface area contributed by atoms with Gasteiger partial charge < -0.3 is 4.74 Å². The van der Waals surface area contributed by atoms with E-state index in [4.69, 9.17) is 16.3 Å². The highest BCUT2D eigenvalue weighted by atomic mass is 127. The Labute approximate surface area is 182 Å².